The summed E-state index contributed by atoms with van der Waals surface area (Å²) in [6, 6.07) is 4.83. The third-order valence-corrected chi connectivity index (χ3v) is 2.94. The Balaban J connectivity index is 2.40. The van der Waals surface area contributed by atoms with Crippen LogP contribution in [-0.4, -0.2) is 21.5 Å². The van der Waals surface area contributed by atoms with Crippen LogP contribution in [0.4, 0.5) is 11.5 Å². The molecule has 0 spiro atoms. The quantitative estimate of drug-likeness (QED) is 0.674. The van der Waals surface area contributed by atoms with Crippen molar-refractivity contribution in [3.63, 3.8) is 0 Å². The van der Waals surface area contributed by atoms with Gasteiger partial charge in [-0.15, -0.1) is 0 Å². The van der Waals surface area contributed by atoms with Gasteiger partial charge in [-0.05, 0) is 24.6 Å². The Morgan fingerprint density at radius 2 is 2.20 bits per heavy atom. The molecule has 7 heteroatoms. The van der Waals surface area contributed by atoms with Gasteiger partial charge in [0.2, 0.25) is 0 Å². The van der Waals surface area contributed by atoms with Gasteiger partial charge in [0, 0.05) is 24.9 Å². The zero-order valence-corrected chi connectivity index (χ0v) is 11.2. The summed E-state index contributed by atoms with van der Waals surface area (Å²) in [5, 5.41) is 13.8. The highest BCUT2D eigenvalue weighted by Gasteiger charge is 2.13. The summed E-state index contributed by atoms with van der Waals surface area (Å²) in [4.78, 5) is 26.4. The van der Waals surface area contributed by atoms with Crippen LogP contribution in [0.1, 0.15) is 11.1 Å². The van der Waals surface area contributed by atoms with Gasteiger partial charge in [-0.25, -0.2) is 4.98 Å². The average molecular weight is 274 g/mol. The molecule has 2 rings (SSSR count). The molecule has 7 nitrogen and oxygen atoms in total. The lowest BCUT2D eigenvalue weighted by molar-refractivity contribution is -0.385. The molecule has 0 aliphatic carbocycles. The minimum Gasteiger partial charge on any atom is -0.373 e. The lowest BCUT2D eigenvalue weighted by Gasteiger charge is -2.08. The molecule has 0 unspecified atom stereocenters. The van der Waals surface area contributed by atoms with Gasteiger partial charge in [0.25, 0.3) is 11.2 Å². The first-order valence-electron chi connectivity index (χ1n) is 5.99. The molecule has 0 bridgehead atoms. The molecule has 2 heterocycles. The lowest BCUT2D eigenvalue weighted by Crippen LogP contribution is -2.20. The zero-order valence-electron chi connectivity index (χ0n) is 11.2. The van der Waals surface area contributed by atoms with E-state index in [1.807, 2.05) is 0 Å². The van der Waals surface area contributed by atoms with Crippen molar-refractivity contribution in [2.24, 2.45) is 0 Å². The Bertz CT molecular complexity index is 709. The molecule has 104 valence electrons. The maximum Gasteiger partial charge on any atom is 0.288 e. The van der Waals surface area contributed by atoms with E-state index in [1.165, 1.54) is 16.8 Å². The average Bonchev–Trinajstić information content (AvgIpc) is 2.41. The van der Waals surface area contributed by atoms with Crippen LogP contribution in [0.15, 0.2) is 35.4 Å². The monoisotopic (exact) mass is 274 g/mol. The Morgan fingerprint density at radius 3 is 2.85 bits per heavy atom. The third kappa shape index (κ3) is 2.82. The number of hydrogen-bond donors (Lipinski definition) is 1. The van der Waals surface area contributed by atoms with E-state index in [4.69, 9.17) is 0 Å². The van der Waals surface area contributed by atoms with E-state index >= 15 is 0 Å². The van der Waals surface area contributed by atoms with Crippen LogP contribution in [0.5, 0.6) is 0 Å². The van der Waals surface area contributed by atoms with E-state index in [1.54, 1.807) is 32.3 Å². The summed E-state index contributed by atoms with van der Waals surface area (Å²) in [7, 11) is 1.75. The fourth-order valence-corrected chi connectivity index (χ4v) is 1.88. The van der Waals surface area contributed by atoms with Gasteiger partial charge in [-0.3, -0.25) is 14.9 Å². The number of pyridine rings is 2. The highest BCUT2D eigenvalue weighted by Crippen LogP contribution is 2.15. The van der Waals surface area contributed by atoms with Crippen molar-refractivity contribution in [1.29, 1.82) is 0 Å². The minimum atomic E-state index is -0.489. The standard InChI is InChI=1S/C13H14N4O3/c1-9-5-13(18)16(8-11(9)17(19)20)7-10-3-4-15-12(6-10)14-2/h3-6,8H,7H2,1-2H3,(H,14,15). The van der Waals surface area contributed by atoms with Gasteiger partial charge in [0.05, 0.1) is 17.7 Å². The number of hydrogen-bond acceptors (Lipinski definition) is 5. The molecule has 0 saturated carbocycles. The minimum absolute atomic E-state index is 0.0625. The van der Waals surface area contributed by atoms with Gasteiger partial charge in [-0.1, -0.05) is 0 Å². The third-order valence-electron chi connectivity index (χ3n) is 2.94. The van der Waals surface area contributed by atoms with Crippen LogP contribution in [0, 0.1) is 17.0 Å². The van der Waals surface area contributed by atoms with E-state index in [0.29, 0.717) is 11.4 Å². The second kappa shape index (κ2) is 5.52. The number of nitro groups is 1. The zero-order chi connectivity index (χ0) is 14.7. The SMILES string of the molecule is CNc1cc(Cn2cc([N+](=O)[O-])c(C)cc2=O)ccn1. The number of rotatable bonds is 4. The van der Waals surface area contributed by atoms with E-state index in [-0.39, 0.29) is 17.8 Å². The maximum absolute atomic E-state index is 11.9. The molecule has 0 fully saturated rings. The molecule has 0 atom stereocenters. The van der Waals surface area contributed by atoms with E-state index in [0.717, 1.165) is 5.56 Å². The molecule has 0 aliphatic heterocycles. The van der Waals surface area contributed by atoms with Gasteiger partial charge < -0.3 is 9.88 Å². The van der Waals surface area contributed by atoms with E-state index in [9.17, 15) is 14.9 Å². The normalized spacial score (nSPS) is 10.3. The number of nitrogens with one attached hydrogen (secondary N) is 1. The van der Waals surface area contributed by atoms with Crippen molar-refractivity contribution < 1.29 is 4.92 Å². The first kappa shape index (κ1) is 13.7. The number of nitrogens with zero attached hydrogens (tertiary/aromatic N) is 3. The Kier molecular flexibility index (Phi) is 3.79. The van der Waals surface area contributed by atoms with Crippen LogP contribution < -0.4 is 10.9 Å². The van der Waals surface area contributed by atoms with E-state index in [2.05, 4.69) is 10.3 Å². The molecule has 0 saturated heterocycles. The molecule has 20 heavy (non-hydrogen) atoms. The molecular weight excluding hydrogens is 260 g/mol. The summed E-state index contributed by atoms with van der Waals surface area (Å²) in [6.45, 7) is 1.81. The van der Waals surface area contributed by atoms with Crippen LogP contribution in [0.3, 0.4) is 0 Å². The van der Waals surface area contributed by atoms with Gasteiger partial charge in [0.15, 0.2) is 0 Å². The Hall–Kier alpha value is -2.70. The number of anilines is 1. The topological polar surface area (TPSA) is 90.1 Å². The fraction of sp³-hybridized carbons (Fsp3) is 0.231. The first-order valence-corrected chi connectivity index (χ1v) is 5.99. The largest absolute Gasteiger partial charge is 0.373 e. The maximum atomic E-state index is 11.9. The second-order valence-electron chi connectivity index (χ2n) is 4.36. The summed E-state index contributed by atoms with van der Waals surface area (Å²) >= 11 is 0. The second-order valence-corrected chi connectivity index (χ2v) is 4.36. The van der Waals surface area contributed by atoms with Crippen LogP contribution in [0.2, 0.25) is 0 Å². The van der Waals surface area contributed by atoms with Crippen LogP contribution in [0.25, 0.3) is 0 Å². The highest BCUT2D eigenvalue weighted by atomic mass is 16.6. The summed E-state index contributed by atoms with van der Waals surface area (Å²) in [5.41, 5.74) is 0.870. The summed E-state index contributed by atoms with van der Waals surface area (Å²) in [6.07, 6.45) is 2.89. The molecule has 0 amide bonds. The smallest absolute Gasteiger partial charge is 0.288 e. The van der Waals surface area contributed by atoms with Crippen molar-refractivity contribution >= 4 is 11.5 Å². The molecule has 1 N–H and O–H groups in total. The summed E-state index contributed by atoms with van der Waals surface area (Å²) in [5.74, 6) is 0.678. The predicted molar refractivity (Wildman–Crippen MR) is 75.0 cm³/mol. The summed E-state index contributed by atoms with van der Waals surface area (Å²) < 4.78 is 1.32. The van der Waals surface area contributed by atoms with Crippen LogP contribution in [-0.2, 0) is 6.54 Å². The Morgan fingerprint density at radius 1 is 1.45 bits per heavy atom. The van der Waals surface area contributed by atoms with Crippen molar-refractivity contribution in [3.8, 4) is 0 Å². The molecule has 0 aliphatic rings. The molecule has 0 radical (unpaired) electrons. The first-order chi connectivity index (χ1) is 9.51. The number of aromatic nitrogens is 2. The lowest BCUT2D eigenvalue weighted by atomic mass is 10.2. The highest BCUT2D eigenvalue weighted by molar-refractivity contribution is 5.38. The van der Waals surface area contributed by atoms with Gasteiger partial charge in [-0.2, -0.15) is 0 Å². The van der Waals surface area contributed by atoms with Crippen molar-refractivity contribution in [2.75, 3.05) is 12.4 Å². The molecular formula is C13H14N4O3. The number of aryl methyl sites for hydroxylation is 1. The Labute approximate surface area is 115 Å². The van der Waals surface area contributed by atoms with Crippen molar-refractivity contribution in [3.05, 3.63) is 62.2 Å². The van der Waals surface area contributed by atoms with Gasteiger partial charge in [0.1, 0.15) is 5.82 Å². The van der Waals surface area contributed by atoms with E-state index < -0.39 is 4.92 Å². The van der Waals surface area contributed by atoms with Crippen molar-refractivity contribution in [1.82, 2.24) is 9.55 Å². The molecule has 2 aromatic heterocycles. The van der Waals surface area contributed by atoms with Crippen LogP contribution >= 0.6 is 0 Å². The fourth-order valence-electron chi connectivity index (χ4n) is 1.88. The predicted octanol–water partition coefficient (Wildman–Crippen LogP) is 1.55. The molecule has 2 aromatic rings. The van der Waals surface area contributed by atoms with Crippen molar-refractivity contribution in [2.45, 2.75) is 13.5 Å². The molecule has 0 aromatic carbocycles. The van der Waals surface area contributed by atoms with Gasteiger partial charge >= 0.3 is 0 Å².